The maximum Gasteiger partial charge on any atom is 0.139 e. The number of fused-ring (bicyclic) bond motifs is 1. The molecule has 0 nitrogen and oxygen atoms in total. The fourth-order valence-electron chi connectivity index (χ4n) is 1.05. The van der Waals surface area contributed by atoms with Crippen molar-refractivity contribution in [1.29, 1.82) is 0 Å². The van der Waals surface area contributed by atoms with Crippen molar-refractivity contribution in [3.63, 3.8) is 0 Å². The minimum atomic E-state index is -0.363. The van der Waals surface area contributed by atoms with E-state index in [2.05, 4.69) is 12.6 Å². The second kappa shape index (κ2) is 2.91. The third-order valence-corrected chi connectivity index (χ3v) is 3.45. The SMILES string of the molecule is Fc1cc(Cl)c2ccsc2c1S. The highest BCUT2D eigenvalue weighted by atomic mass is 35.5. The first kappa shape index (κ1) is 8.35. The summed E-state index contributed by atoms with van der Waals surface area (Å²) in [5.41, 5.74) is 0. The summed E-state index contributed by atoms with van der Waals surface area (Å²) >= 11 is 11.3. The third-order valence-electron chi connectivity index (χ3n) is 1.62. The van der Waals surface area contributed by atoms with Crippen LogP contribution in [0.2, 0.25) is 5.02 Å². The normalized spacial score (nSPS) is 10.9. The lowest BCUT2D eigenvalue weighted by Crippen LogP contribution is -1.78. The first-order chi connectivity index (χ1) is 5.70. The van der Waals surface area contributed by atoms with Crippen molar-refractivity contribution < 1.29 is 4.39 Å². The first-order valence-electron chi connectivity index (χ1n) is 3.24. The van der Waals surface area contributed by atoms with Gasteiger partial charge < -0.3 is 0 Å². The van der Waals surface area contributed by atoms with Gasteiger partial charge in [0.05, 0.1) is 14.6 Å². The van der Waals surface area contributed by atoms with Crippen molar-refractivity contribution in [2.45, 2.75) is 4.90 Å². The highest BCUT2D eigenvalue weighted by Crippen LogP contribution is 2.34. The minimum Gasteiger partial charge on any atom is -0.206 e. The Bertz CT molecular complexity index is 436. The van der Waals surface area contributed by atoms with Crippen LogP contribution in [0.3, 0.4) is 0 Å². The predicted molar refractivity (Wildman–Crippen MR) is 54.0 cm³/mol. The number of thiophene rings is 1. The van der Waals surface area contributed by atoms with Gasteiger partial charge in [0.15, 0.2) is 0 Å². The van der Waals surface area contributed by atoms with Crippen LogP contribution in [-0.2, 0) is 0 Å². The summed E-state index contributed by atoms with van der Waals surface area (Å²) in [7, 11) is 0. The van der Waals surface area contributed by atoms with Crippen LogP contribution in [0.25, 0.3) is 10.1 Å². The van der Waals surface area contributed by atoms with E-state index in [1.807, 2.05) is 11.4 Å². The number of halogens is 2. The molecule has 1 aromatic heterocycles. The van der Waals surface area contributed by atoms with Crippen LogP contribution in [0.1, 0.15) is 0 Å². The molecule has 12 heavy (non-hydrogen) atoms. The molecule has 1 aromatic carbocycles. The Morgan fingerprint density at radius 1 is 1.50 bits per heavy atom. The monoisotopic (exact) mass is 218 g/mol. The van der Waals surface area contributed by atoms with Gasteiger partial charge in [-0.2, -0.15) is 0 Å². The van der Waals surface area contributed by atoms with Crippen molar-refractivity contribution in [1.82, 2.24) is 0 Å². The Morgan fingerprint density at radius 3 is 3.00 bits per heavy atom. The summed E-state index contributed by atoms with van der Waals surface area (Å²) in [5, 5.41) is 3.19. The molecule has 0 fully saturated rings. The summed E-state index contributed by atoms with van der Waals surface area (Å²) in [5.74, 6) is -0.363. The Labute approximate surface area is 83.4 Å². The molecule has 0 atom stereocenters. The first-order valence-corrected chi connectivity index (χ1v) is 4.95. The van der Waals surface area contributed by atoms with E-state index < -0.39 is 0 Å². The van der Waals surface area contributed by atoms with Gasteiger partial charge in [-0.25, -0.2) is 4.39 Å². The van der Waals surface area contributed by atoms with E-state index in [0.717, 1.165) is 10.1 Å². The summed E-state index contributed by atoms with van der Waals surface area (Å²) in [6.45, 7) is 0. The van der Waals surface area contributed by atoms with Gasteiger partial charge in [-0.05, 0) is 17.5 Å². The van der Waals surface area contributed by atoms with Crippen molar-refractivity contribution in [3.8, 4) is 0 Å². The molecule has 0 aliphatic rings. The van der Waals surface area contributed by atoms with Crippen molar-refractivity contribution >= 4 is 45.7 Å². The van der Waals surface area contributed by atoms with Crippen molar-refractivity contribution in [2.75, 3.05) is 0 Å². The molecule has 2 aromatic rings. The van der Waals surface area contributed by atoms with Gasteiger partial charge in [-0.15, -0.1) is 24.0 Å². The largest absolute Gasteiger partial charge is 0.206 e. The summed E-state index contributed by atoms with van der Waals surface area (Å²) in [4.78, 5) is 0.379. The molecule has 2 rings (SSSR count). The van der Waals surface area contributed by atoms with Gasteiger partial charge >= 0.3 is 0 Å². The fraction of sp³-hybridized carbons (Fsp3) is 0. The molecule has 0 aliphatic carbocycles. The molecule has 0 amide bonds. The molecule has 4 heteroatoms. The maximum absolute atomic E-state index is 13.0. The Hall–Kier alpha value is -0.250. The average Bonchev–Trinajstić information content (AvgIpc) is 2.48. The topological polar surface area (TPSA) is 0 Å². The lowest BCUT2D eigenvalue weighted by molar-refractivity contribution is 0.607. The molecule has 0 spiro atoms. The minimum absolute atomic E-state index is 0.363. The van der Waals surface area contributed by atoms with E-state index >= 15 is 0 Å². The Balaban J connectivity index is 2.97. The zero-order chi connectivity index (χ0) is 8.72. The van der Waals surface area contributed by atoms with Crippen LogP contribution in [0.15, 0.2) is 22.4 Å². The highest BCUT2D eigenvalue weighted by molar-refractivity contribution is 7.80. The van der Waals surface area contributed by atoms with Gasteiger partial charge in [0.1, 0.15) is 5.82 Å². The third kappa shape index (κ3) is 1.13. The zero-order valence-corrected chi connectivity index (χ0v) is 8.31. The molecular weight excluding hydrogens is 215 g/mol. The lowest BCUT2D eigenvalue weighted by Gasteiger charge is -1.98. The van der Waals surface area contributed by atoms with Crippen LogP contribution in [0, 0.1) is 5.82 Å². The summed E-state index contributed by atoms with van der Waals surface area (Å²) in [6, 6.07) is 3.15. The number of hydrogen-bond donors (Lipinski definition) is 1. The van der Waals surface area contributed by atoms with Gasteiger partial charge in [-0.1, -0.05) is 11.6 Å². The standard InChI is InChI=1S/C8H4ClFS2/c9-5-3-6(10)7(11)8-4(5)1-2-12-8/h1-3,11H. The van der Waals surface area contributed by atoms with Crippen LogP contribution in [0.5, 0.6) is 0 Å². The van der Waals surface area contributed by atoms with Crippen molar-refractivity contribution in [2.24, 2.45) is 0 Å². The van der Waals surface area contributed by atoms with Crippen LogP contribution >= 0.6 is 35.6 Å². The average molecular weight is 219 g/mol. The summed E-state index contributed by atoms with van der Waals surface area (Å²) < 4.78 is 13.8. The smallest absolute Gasteiger partial charge is 0.139 e. The zero-order valence-electron chi connectivity index (χ0n) is 5.84. The van der Waals surface area contributed by atoms with Gasteiger partial charge in [0.2, 0.25) is 0 Å². The molecule has 0 saturated carbocycles. The van der Waals surface area contributed by atoms with Gasteiger partial charge in [-0.3, -0.25) is 0 Å². The van der Waals surface area contributed by atoms with E-state index in [4.69, 9.17) is 11.6 Å². The van der Waals surface area contributed by atoms with Crippen LogP contribution in [0.4, 0.5) is 4.39 Å². The fourth-order valence-corrected chi connectivity index (χ4v) is 2.55. The number of rotatable bonds is 0. The molecular formula is C8H4ClFS2. The molecule has 62 valence electrons. The van der Waals surface area contributed by atoms with E-state index in [-0.39, 0.29) is 5.82 Å². The number of hydrogen-bond acceptors (Lipinski definition) is 2. The molecule has 0 aliphatic heterocycles. The van der Waals surface area contributed by atoms with E-state index in [9.17, 15) is 4.39 Å². The maximum atomic E-state index is 13.0. The van der Waals surface area contributed by atoms with Crippen LogP contribution < -0.4 is 0 Å². The highest BCUT2D eigenvalue weighted by Gasteiger charge is 2.08. The molecule has 0 unspecified atom stereocenters. The van der Waals surface area contributed by atoms with E-state index in [0.29, 0.717) is 9.92 Å². The van der Waals surface area contributed by atoms with Crippen molar-refractivity contribution in [3.05, 3.63) is 28.4 Å². The second-order valence-electron chi connectivity index (χ2n) is 2.35. The van der Waals surface area contributed by atoms with E-state index in [1.165, 1.54) is 17.4 Å². The van der Waals surface area contributed by atoms with Crippen LogP contribution in [-0.4, -0.2) is 0 Å². The Kier molecular flexibility index (Phi) is 2.02. The second-order valence-corrected chi connectivity index (χ2v) is 4.12. The Morgan fingerprint density at radius 2 is 2.25 bits per heavy atom. The molecule has 0 radical (unpaired) electrons. The van der Waals surface area contributed by atoms with E-state index in [1.54, 1.807) is 0 Å². The van der Waals surface area contributed by atoms with Gasteiger partial charge in [0, 0.05) is 5.39 Å². The molecule has 0 N–H and O–H groups in total. The van der Waals surface area contributed by atoms with Gasteiger partial charge in [0.25, 0.3) is 0 Å². The molecule has 1 heterocycles. The quantitative estimate of drug-likeness (QED) is 0.636. The predicted octanol–water partition coefficient (Wildman–Crippen LogP) is 3.98. The molecule has 0 saturated heterocycles. The number of thiol groups is 1. The lowest BCUT2D eigenvalue weighted by atomic mass is 10.2. The number of benzene rings is 1. The molecule has 0 bridgehead atoms. The summed E-state index contributed by atoms with van der Waals surface area (Å²) in [6.07, 6.45) is 0.